The molecule has 17 heteroatoms. The molecule has 0 radical (unpaired) electrons. The molecule has 0 aliphatic carbocycles. The number of thiophene rings is 1. The van der Waals surface area contributed by atoms with E-state index in [1.807, 2.05) is 5.38 Å². The van der Waals surface area contributed by atoms with Gasteiger partial charge < -0.3 is 25.2 Å². The number of hydrogen-bond acceptors (Lipinski definition) is 11. The number of fused-ring (bicyclic) bond motifs is 1. The highest BCUT2D eigenvalue weighted by Gasteiger charge is 2.48. The van der Waals surface area contributed by atoms with E-state index in [1.165, 1.54) is 11.3 Å². The van der Waals surface area contributed by atoms with Gasteiger partial charge in [0, 0.05) is 37.9 Å². The lowest BCUT2D eigenvalue weighted by atomic mass is 9.96. The smallest absolute Gasteiger partial charge is 0.333 e. The molecule has 0 bridgehead atoms. The molecule has 4 rings (SSSR count). The largest absolute Gasteiger partial charge is 0.359 e. The fourth-order valence-electron chi connectivity index (χ4n) is 5.01. The number of carbonyl (C=O) groups is 5. The first-order chi connectivity index (χ1) is 20.5. The highest BCUT2D eigenvalue weighted by molar-refractivity contribution is 7.87. The van der Waals surface area contributed by atoms with Crippen LogP contribution in [-0.2, 0) is 49.3 Å². The minimum absolute atomic E-state index is 0.0822. The van der Waals surface area contributed by atoms with Gasteiger partial charge in [-0.05, 0) is 38.5 Å². The standard InChI is InChI=1S/C26H35N5O10S2/c32-19(27-11-5-2-4-9-21(34)41-31-20(33)14-18(24(31)35)43(37,38)39)8-3-1-6-12-28-25(36)26(10-7-13-40-26)23-22-17(15-42-23)29-16-30-22/h15-16,18H,1-14H2,(H,27,32)(H,28,36)(H,29,30)(H,37,38,39). The number of unbranched alkanes of at least 4 members (excludes halogenated alkanes) is 4. The van der Waals surface area contributed by atoms with E-state index in [4.69, 9.17) is 9.29 Å². The van der Waals surface area contributed by atoms with Gasteiger partial charge in [0.15, 0.2) is 10.9 Å². The van der Waals surface area contributed by atoms with Crippen molar-refractivity contribution in [2.45, 2.75) is 81.5 Å². The summed E-state index contributed by atoms with van der Waals surface area (Å²) in [6, 6.07) is 0. The van der Waals surface area contributed by atoms with Gasteiger partial charge in [-0.15, -0.1) is 16.4 Å². The first kappa shape index (κ1) is 32.5. The van der Waals surface area contributed by atoms with Gasteiger partial charge in [0.1, 0.15) is 5.52 Å². The maximum absolute atomic E-state index is 13.1. The van der Waals surface area contributed by atoms with Gasteiger partial charge in [0.05, 0.1) is 23.1 Å². The first-order valence-corrected chi connectivity index (χ1v) is 16.5. The molecule has 2 unspecified atom stereocenters. The minimum Gasteiger partial charge on any atom is -0.359 e. The quantitative estimate of drug-likeness (QED) is 0.117. The van der Waals surface area contributed by atoms with Gasteiger partial charge in [0.2, 0.25) is 5.91 Å². The predicted molar refractivity (Wildman–Crippen MR) is 152 cm³/mol. The van der Waals surface area contributed by atoms with Crippen LogP contribution in [0.1, 0.15) is 75.5 Å². The summed E-state index contributed by atoms with van der Waals surface area (Å²) in [6.07, 6.45) is 6.12. The van der Waals surface area contributed by atoms with E-state index >= 15 is 0 Å². The summed E-state index contributed by atoms with van der Waals surface area (Å²) in [4.78, 5) is 73.7. The van der Waals surface area contributed by atoms with Gasteiger partial charge in [-0.2, -0.15) is 8.42 Å². The molecule has 236 valence electrons. The molecular weight excluding hydrogens is 606 g/mol. The summed E-state index contributed by atoms with van der Waals surface area (Å²) in [5.41, 5.74) is 0.641. The topological polar surface area (TPSA) is 214 Å². The van der Waals surface area contributed by atoms with Crippen LogP contribution >= 0.6 is 11.3 Å². The Hall–Kier alpha value is -3.41. The summed E-state index contributed by atoms with van der Waals surface area (Å²) in [5, 5.41) is 5.86. The SMILES string of the molecule is O=C(CCCCCNC(=O)C1(c2scc3[nH]cnc23)CCCO1)NCCCCCC(=O)ON1C(=O)CC(S(=O)(=O)O)C1=O. The monoisotopic (exact) mass is 641 g/mol. The van der Waals surface area contributed by atoms with Crippen molar-refractivity contribution in [3.63, 3.8) is 0 Å². The Bertz CT molecular complexity index is 1450. The van der Waals surface area contributed by atoms with Crippen molar-refractivity contribution in [2.75, 3.05) is 19.7 Å². The lowest BCUT2D eigenvalue weighted by molar-refractivity contribution is -0.197. The number of rotatable bonds is 16. The minimum atomic E-state index is -4.78. The van der Waals surface area contributed by atoms with Crippen molar-refractivity contribution in [2.24, 2.45) is 0 Å². The van der Waals surface area contributed by atoms with E-state index in [0.717, 1.165) is 35.2 Å². The number of H-pyrrole nitrogens is 1. The molecule has 2 saturated heterocycles. The van der Waals surface area contributed by atoms with Crippen LogP contribution < -0.4 is 10.6 Å². The number of ether oxygens (including phenoxy) is 1. The highest BCUT2D eigenvalue weighted by Crippen LogP contribution is 2.42. The average Bonchev–Trinajstić information content (AvgIpc) is 3.74. The molecule has 0 spiro atoms. The molecule has 0 aromatic carbocycles. The van der Waals surface area contributed by atoms with Crippen molar-refractivity contribution in [3.8, 4) is 0 Å². The molecule has 2 aromatic heterocycles. The maximum Gasteiger partial charge on any atom is 0.333 e. The average molecular weight is 642 g/mol. The van der Waals surface area contributed by atoms with Crippen molar-refractivity contribution >= 4 is 62.1 Å². The molecule has 43 heavy (non-hydrogen) atoms. The lowest BCUT2D eigenvalue weighted by Crippen LogP contribution is -2.44. The Balaban J connectivity index is 1.03. The molecule has 2 aliphatic heterocycles. The zero-order chi connectivity index (χ0) is 31.0. The zero-order valence-corrected chi connectivity index (χ0v) is 25.1. The Kier molecular flexibility index (Phi) is 10.9. The third-order valence-corrected chi connectivity index (χ3v) is 9.49. The number of amides is 4. The van der Waals surface area contributed by atoms with Crippen molar-refractivity contribution in [1.29, 1.82) is 0 Å². The molecule has 2 aliphatic rings. The van der Waals surface area contributed by atoms with E-state index in [1.54, 1.807) is 6.33 Å². The number of carbonyl (C=O) groups excluding carboxylic acids is 5. The van der Waals surface area contributed by atoms with Crippen LogP contribution in [0.2, 0.25) is 0 Å². The highest BCUT2D eigenvalue weighted by atomic mass is 32.2. The van der Waals surface area contributed by atoms with Crippen LogP contribution in [0.3, 0.4) is 0 Å². The van der Waals surface area contributed by atoms with Crippen LogP contribution in [0.4, 0.5) is 0 Å². The maximum atomic E-state index is 13.1. The van der Waals surface area contributed by atoms with Gasteiger partial charge >= 0.3 is 5.97 Å². The summed E-state index contributed by atoms with van der Waals surface area (Å²) in [6.45, 7) is 1.41. The van der Waals surface area contributed by atoms with E-state index in [0.29, 0.717) is 58.2 Å². The molecule has 2 fully saturated rings. The number of hydrogen-bond donors (Lipinski definition) is 4. The Morgan fingerprint density at radius 2 is 1.84 bits per heavy atom. The van der Waals surface area contributed by atoms with Gasteiger partial charge in [-0.1, -0.05) is 12.8 Å². The Morgan fingerprint density at radius 1 is 1.12 bits per heavy atom. The zero-order valence-electron chi connectivity index (χ0n) is 23.5. The molecule has 15 nitrogen and oxygen atoms in total. The molecular formula is C26H35N5O10S2. The van der Waals surface area contributed by atoms with Crippen molar-refractivity contribution in [3.05, 3.63) is 16.6 Å². The van der Waals surface area contributed by atoms with Crippen LogP contribution in [-0.4, -0.2) is 82.5 Å². The predicted octanol–water partition coefficient (Wildman–Crippen LogP) is 1.46. The summed E-state index contributed by atoms with van der Waals surface area (Å²) < 4.78 is 37.2. The third-order valence-electron chi connectivity index (χ3n) is 7.29. The van der Waals surface area contributed by atoms with Crippen LogP contribution in [0.25, 0.3) is 11.0 Å². The summed E-state index contributed by atoms with van der Waals surface area (Å²) in [5.74, 6) is -3.46. The first-order valence-electron chi connectivity index (χ1n) is 14.2. The molecule has 4 heterocycles. The normalized spacial score (nSPS) is 20.6. The third kappa shape index (κ3) is 7.95. The van der Waals surface area contributed by atoms with E-state index < -0.39 is 45.2 Å². The van der Waals surface area contributed by atoms with E-state index in [2.05, 4.69) is 25.4 Å². The number of aromatic nitrogens is 2. The number of aromatic amines is 1. The molecule has 2 atom stereocenters. The molecule has 0 saturated carbocycles. The van der Waals surface area contributed by atoms with Gasteiger partial charge in [0.25, 0.3) is 27.8 Å². The van der Waals surface area contributed by atoms with Crippen LogP contribution in [0, 0.1) is 0 Å². The number of nitrogens with one attached hydrogen (secondary N) is 3. The van der Waals surface area contributed by atoms with Crippen molar-refractivity contribution in [1.82, 2.24) is 25.7 Å². The second-order valence-electron chi connectivity index (χ2n) is 10.4. The number of hydroxylamine groups is 2. The Morgan fingerprint density at radius 3 is 2.51 bits per heavy atom. The fourth-order valence-corrected chi connectivity index (χ4v) is 6.85. The molecule has 2 aromatic rings. The number of imidazole rings is 1. The molecule has 4 N–H and O–H groups in total. The van der Waals surface area contributed by atoms with Gasteiger partial charge in [-0.3, -0.25) is 23.7 Å². The number of imide groups is 1. The second-order valence-corrected chi connectivity index (χ2v) is 12.9. The Labute approximate surface area is 251 Å². The summed E-state index contributed by atoms with van der Waals surface area (Å²) in [7, 11) is -4.78. The summed E-state index contributed by atoms with van der Waals surface area (Å²) >= 11 is 1.47. The molecule has 4 amide bonds. The fraction of sp³-hybridized carbons (Fsp3) is 0.615. The van der Waals surface area contributed by atoms with Crippen LogP contribution in [0.5, 0.6) is 0 Å². The van der Waals surface area contributed by atoms with Gasteiger partial charge in [-0.25, -0.2) is 9.78 Å². The van der Waals surface area contributed by atoms with E-state index in [-0.39, 0.29) is 23.3 Å². The van der Waals surface area contributed by atoms with Crippen molar-refractivity contribution < 1.29 is 46.5 Å². The lowest BCUT2D eigenvalue weighted by Gasteiger charge is -2.26. The number of nitrogens with zero attached hydrogens (tertiary/aromatic N) is 2. The van der Waals surface area contributed by atoms with Crippen LogP contribution in [0.15, 0.2) is 11.7 Å². The second kappa shape index (κ2) is 14.4. The van der Waals surface area contributed by atoms with E-state index in [9.17, 15) is 32.4 Å².